The van der Waals surface area contributed by atoms with E-state index < -0.39 is 34.4 Å². The van der Waals surface area contributed by atoms with Crippen molar-refractivity contribution in [1.82, 2.24) is 14.5 Å². The van der Waals surface area contributed by atoms with Gasteiger partial charge < -0.3 is 10.2 Å². The van der Waals surface area contributed by atoms with Gasteiger partial charge in [0.1, 0.15) is 17.5 Å². The van der Waals surface area contributed by atoms with E-state index in [1.807, 2.05) is 13.8 Å². The SMILES string of the molecule is CC[C@H](C)NC(=O)[C@@H](C)N(Cc1ccc(Cl)cc1)C(=O)CN1C(=O)c2ccccc2S1(=O)=O. The molecule has 1 aliphatic heterocycles. The Kier molecular flexibility index (Phi) is 7.44. The minimum absolute atomic E-state index is 0.0251. The van der Waals surface area contributed by atoms with Gasteiger partial charge in [0.25, 0.3) is 15.9 Å². The largest absolute Gasteiger partial charge is 0.352 e. The van der Waals surface area contributed by atoms with Crippen LogP contribution in [0, 0.1) is 0 Å². The fraction of sp³-hybridized carbons (Fsp3) is 0.348. The van der Waals surface area contributed by atoms with Crippen molar-refractivity contribution in [1.29, 1.82) is 0 Å². The standard InChI is InChI=1S/C23H26ClN3O5S/c1-4-15(2)25-22(29)16(3)26(13-17-9-11-18(24)12-10-17)21(28)14-27-23(30)19-7-5-6-8-20(19)33(27,31)32/h5-12,15-16H,4,13-14H2,1-3H3,(H,25,29)/t15-,16+/m0/s1. The highest BCUT2D eigenvalue weighted by Gasteiger charge is 2.43. The van der Waals surface area contributed by atoms with Crippen molar-refractivity contribution >= 4 is 39.3 Å². The van der Waals surface area contributed by atoms with Crippen LogP contribution in [0.3, 0.4) is 0 Å². The van der Waals surface area contributed by atoms with Crippen molar-refractivity contribution in [3.8, 4) is 0 Å². The summed E-state index contributed by atoms with van der Waals surface area (Å²) in [6.45, 7) is 4.68. The Hall–Kier alpha value is -2.91. The second-order valence-electron chi connectivity index (χ2n) is 7.95. The third kappa shape index (κ3) is 5.20. The van der Waals surface area contributed by atoms with E-state index in [1.165, 1.54) is 23.1 Å². The number of hydrogen-bond donors (Lipinski definition) is 1. The van der Waals surface area contributed by atoms with Crippen LogP contribution >= 0.6 is 11.6 Å². The van der Waals surface area contributed by atoms with E-state index in [0.29, 0.717) is 21.3 Å². The van der Waals surface area contributed by atoms with Crippen LogP contribution in [0.15, 0.2) is 53.4 Å². The molecule has 1 N–H and O–H groups in total. The van der Waals surface area contributed by atoms with Crippen LogP contribution in [0.1, 0.15) is 43.1 Å². The van der Waals surface area contributed by atoms with Crippen LogP contribution in [0.2, 0.25) is 5.02 Å². The zero-order chi connectivity index (χ0) is 24.3. The molecule has 0 saturated heterocycles. The number of sulfonamides is 1. The number of carbonyl (C=O) groups is 3. The molecule has 0 fully saturated rings. The molecule has 33 heavy (non-hydrogen) atoms. The number of rotatable bonds is 8. The van der Waals surface area contributed by atoms with Crippen LogP contribution in [-0.2, 0) is 26.2 Å². The van der Waals surface area contributed by atoms with Crippen LogP contribution < -0.4 is 5.32 Å². The number of fused-ring (bicyclic) bond motifs is 1. The summed E-state index contributed by atoms with van der Waals surface area (Å²) in [7, 11) is -4.15. The zero-order valence-corrected chi connectivity index (χ0v) is 20.2. The molecular weight excluding hydrogens is 466 g/mol. The normalized spacial score (nSPS) is 16.1. The predicted molar refractivity (Wildman–Crippen MR) is 124 cm³/mol. The van der Waals surface area contributed by atoms with Gasteiger partial charge in [0, 0.05) is 17.6 Å². The molecule has 2 aromatic carbocycles. The average Bonchev–Trinajstić information content (AvgIpc) is 2.98. The van der Waals surface area contributed by atoms with Crippen molar-refractivity contribution in [3.63, 3.8) is 0 Å². The van der Waals surface area contributed by atoms with Gasteiger partial charge in [0.05, 0.1) is 5.56 Å². The number of benzene rings is 2. The summed E-state index contributed by atoms with van der Waals surface area (Å²) in [6, 6.07) is 11.6. The Morgan fingerprint density at radius 1 is 1.09 bits per heavy atom. The topological polar surface area (TPSA) is 104 Å². The molecule has 2 atom stereocenters. The molecule has 0 radical (unpaired) electrons. The first-order valence-corrected chi connectivity index (χ1v) is 12.4. The summed E-state index contributed by atoms with van der Waals surface area (Å²) in [5.74, 6) is -1.80. The third-order valence-electron chi connectivity index (χ3n) is 5.63. The zero-order valence-electron chi connectivity index (χ0n) is 18.6. The molecule has 0 saturated carbocycles. The molecule has 0 spiro atoms. The molecule has 0 unspecified atom stereocenters. The molecule has 1 aliphatic rings. The fourth-order valence-corrected chi connectivity index (χ4v) is 5.08. The van der Waals surface area contributed by atoms with Gasteiger partial charge in [0.2, 0.25) is 11.8 Å². The van der Waals surface area contributed by atoms with E-state index in [9.17, 15) is 22.8 Å². The fourth-order valence-electron chi connectivity index (χ4n) is 3.44. The Bertz CT molecular complexity index is 1170. The average molecular weight is 492 g/mol. The molecule has 176 valence electrons. The van der Waals surface area contributed by atoms with Gasteiger partial charge in [-0.3, -0.25) is 14.4 Å². The Morgan fingerprint density at radius 2 is 1.73 bits per heavy atom. The van der Waals surface area contributed by atoms with E-state index in [0.717, 1.165) is 0 Å². The molecule has 10 heteroatoms. The van der Waals surface area contributed by atoms with Gasteiger partial charge in [-0.05, 0) is 50.1 Å². The van der Waals surface area contributed by atoms with E-state index in [-0.39, 0.29) is 29.0 Å². The number of halogens is 1. The summed E-state index contributed by atoms with van der Waals surface area (Å²) in [4.78, 5) is 40.0. The second-order valence-corrected chi connectivity index (χ2v) is 10.2. The van der Waals surface area contributed by atoms with Gasteiger partial charge in [0.15, 0.2) is 0 Å². The van der Waals surface area contributed by atoms with E-state index >= 15 is 0 Å². The lowest BCUT2D eigenvalue weighted by Gasteiger charge is -2.30. The summed E-state index contributed by atoms with van der Waals surface area (Å²) < 4.78 is 26.3. The number of amides is 3. The third-order valence-corrected chi connectivity index (χ3v) is 7.66. The van der Waals surface area contributed by atoms with Crippen LogP contribution in [-0.4, -0.2) is 54.0 Å². The summed E-state index contributed by atoms with van der Waals surface area (Å²) >= 11 is 5.95. The van der Waals surface area contributed by atoms with Crippen molar-refractivity contribution in [3.05, 3.63) is 64.7 Å². The molecule has 3 rings (SSSR count). The highest BCUT2D eigenvalue weighted by atomic mass is 35.5. The summed E-state index contributed by atoms with van der Waals surface area (Å²) in [5.41, 5.74) is 0.729. The van der Waals surface area contributed by atoms with Crippen LogP contribution in [0.4, 0.5) is 0 Å². The van der Waals surface area contributed by atoms with Gasteiger partial charge in [-0.15, -0.1) is 0 Å². The maximum Gasteiger partial charge on any atom is 0.269 e. The second kappa shape index (κ2) is 9.93. The molecule has 8 nitrogen and oxygen atoms in total. The molecule has 2 aromatic rings. The number of nitrogens with zero attached hydrogens (tertiary/aromatic N) is 2. The lowest BCUT2D eigenvalue weighted by molar-refractivity contribution is -0.140. The molecular formula is C23H26ClN3O5S. The minimum atomic E-state index is -4.15. The smallest absolute Gasteiger partial charge is 0.269 e. The first-order valence-electron chi connectivity index (χ1n) is 10.6. The van der Waals surface area contributed by atoms with Crippen LogP contribution in [0.5, 0.6) is 0 Å². The van der Waals surface area contributed by atoms with Crippen molar-refractivity contribution in [2.75, 3.05) is 6.54 Å². The Labute approximate surface area is 198 Å². The number of hydrogen-bond acceptors (Lipinski definition) is 5. The minimum Gasteiger partial charge on any atom is -0.352 e. The molecule has 0 aromatic heterocycles. The lowest BCUT2D eigenvalue weighted by Crippen LogP contribution is -2.52. The Morgan fingerprint density at radius 3 is 2.33 bits per heavy atom. The Balaban J connectivity index is 1.88. The quantitative estimate of drug-likeness (QED) is 0.611. The number of carbonyl (C=O) groups excluding carboxylic acids is 3. The van der Waals surface area contributed by atoms with E-state index in [1.54, 1.807) is 37.3 Å². The summed E-state index contributed by atoms with van der Waals surface area (Å²) in [5, 5.41) is 3.36. The maximum atomic E-state index is 13.3. The van der Waals surface area contributed by atoms with Gasteiger partial charge in [-0.25, -0.2) is 12.7 Å². The first kappa shape index (κ1) is 24.7. The van der Waals surface area contributed by atoms with Crippen molar-refractivity contribution in [2.45, 2.75) is 50.7 Å². The van der Waals surface area contributed by atoms with E-state index in [2.05, 4.69) is 5.32 Å². The molecule has 0 aliphatic carbocycles. The van der Waals surface area contributed by atoms with Crippen LogP contribution in [0.25, 0.3) is 0 Å². The van der Waals surface area contributed by atoms with Gasteiger partial charge in [-0.2, -0.15) is 0 Å². The molecule has 3 amide bonds. The maximum absolute atomic E-state index is 13.3. The highest BCUT2D eigenvalue weighted by molar-refractivity contribution is 7.90. The van der Waals surface area contributed by atoms with E-state index in [4.69, 9.17) is 11.6 Å². The first-order chi connectivity index (χ1) is 15.6. The van der Waals surface area contributed by atoms with Gasteiger partial charge in [-0.1, -0.05) is 42.8 Å². The lowest BCUT2D eigenvalue weighted by atomic mass is 10.1. The number of nitrogens with one attached hydrogen (secondary N) is 1. The summed E-state index contributed by atoms with van der Waals surface area (Å²) in [6.07, 6.45) is 0.711. The monoisotopic (exact) mass is 491 g/mol. The highest BCUT2D eigenvalue weighted by Crippen LogP contribution is 2.30. The van der Waals surface area contributed by atoms with Crippen molar-refractivity contribution < 1.29 is 22.8 Å². The van der Waals surface area contributed by atoms with Crippen molar-refractivity contribution in [2.24, 2.45) is 0 Å². The predicted octanol–water partition coefficient (Wildman–Crippen LogP) is 2.82. The molecule has 1 heterocycles. The van der Waals surface area contributed by atoms with Gasteiger partial charge >= 0.3 is 0 Å². The molecule has 0 bridgehead atoms.